The molecule has 1 saturated carbocycles. The molecule has 244 valence electrons. The van der Waals surface area contributed by atoms with E-state index < -0.39 is 16.1 Å². The van der Waals surface area contributed by atoms with E-state index in [0.717, 1.165) is 29.9 Å². The number of pyridine rings is 1. The molecule has 0 radical (unpaired) electrons. The number of hydrogen-bond acceptors (Lipinski definition) is 9. The van der Waals surface area contributed by atoms with Crippen molar-refractivity contribution in [3.63, 3.8) is 0 Å². The standard InChI is InChI=1S/C33H41N7O5S/c41-31(26-9-5-18-34-21-26)23-35-22-29-15-10-25-20-30(16-17-32(25)45-29)46(43,44)36-27-11-13-28(14-12-27)40-33(42)39(37-38-40)19-4-3-8-24-6-1-2-7-24/h5,9,11-14,16-18,20-21,24,29,31,35-36,41H,1-4,6-8,10,15,19,22-23H2. The Kier molecular flexibility index (Phi) is 10.1. The first-order valence-electron chi connectivity index (χ1n) is 16.1. The Morgan fingerprint density at radius 2 is 1.85 bits per heavy atom. The first-order chi connectivity index (χ1) is 22.4. The normalized spacial score (nSPS) is 17.4. The summed E-state index contributed by atoms with van der Waals surface area (Å²) in [5.41, 5.74) is 2.13. The van der Waals surface area contributed by atoms with Gasteiger partial charge in [0.2, 0.25) is 0 Å². The van der Waals surface area contributed by atoms with Crippen LogP contribution >= 0.6 is 0 Å². The van der Waals surface area contributed by atoms with Gasteiger partial charge in [0.05, 0.1) is 16.7 Å². The lowest BCUT2D eigenvalue weighted by Gasteiger charge is -2.27. The molecule has 1 aliphatic carbocycles. The number of aromatic nitrogens is 5. The van der Waals surface area contributed by atoms with Crippen LogP contribution in [0.1, 0.15) is 68.6 Å². The largest absolute Gasteiger partial charge is 0.489 e. The highest BCUT2D eigenvalue weighted by molar-refractivity contribution is 7.92. The summed E-state index contributed by atoms with van der Waals surface area (Å²) in [6, 6.07) is 15.0. The number of unbranched alkanes of at least 4 members (excludes halogenated alkanes) is 1. The molecule has 2 aliphatic rings. The number of hydrogen-bond donors (Lipinski definition) is 3. The second-order valence-electron chi connectivity index (χ2n) is 12.2. The maximum atomic E-state index is 13.2. The summed E-state index contributed by atoms with van der Waals surface area (Å²) < 4.78 is 37.8. The van der Waals surface area contributed by atoms with Gasteiger partial charge in [0.25, 0.3) is 10.0 Å². The molecule has 0 bridgehead atoms. The zero-order valence-corrected chi connectivity index (χ0v) is 26.6. The zero-order chi connectivity index (χ0) is 31.9. The van der Waals surface area contributed by atoms with Crippen molar-refractivity contribution in [3.05, 3.63) is 88.6 Å². The third kappa shape index (κ3) is 7.83. The molecule has 6 rings (SSSR count). The fraction of sp³-hybridized carbons (Fsp3) is 0.455. The van der Waals surface area contributed by atoms with Gasteiger partial charge in [-0.3, -0.25) is 9.71 Å². The van der Waals surface area contributed by atoms with Crippen LogP contribution in [-0.2, 0) is 23.0 Å². The number of benzene rings is 2. The van der Waals surface area contributed by atoms with Crippen LogP contribution in [0.4, 0.5) is 5.69 Å². The first-order valence-corrected chi connectivity index (χ1v) is 17.6. The van der Waals surface area contributed by atoms with E-state index in [0.29, 0.717) is 49.6 Å². The van der Waals surface area contributed by atoms with E-state index in [1.165, 1.54) is 47.5 Å². The second kappa shape index (κ2) is 14.6. The molecule has 0 amide bonds. The van der Waals surface area contributed by atoms with Crippen LogP contribution in [0.15, 0.2) is 76.7 Å². The summed E-state index contributed by atoms with van der Waals surface area (Å²) in [7, 11) is -3.86. The molecule has 3 heterocycles. The van der Waals surface area contributed by atoms with Crippen LogP contribution in [-0.4, -0.2) is 57.5 Å². The number of nitrogens with one attached hydrogen (secondary N) is 2. The van der Waals surface area contributed by atoms with E-state index in [1.807, 2.05) is 6.07 Å². The fourth-order valence-electron chi connectivity index (χ4n) is 6.26. The molecule has 1 fully saturated rings. The van der Waals surface area contributed by atoms with Gasteiger partial charge in [-0.25, -0.2) is 13.2 Å². The molecule has 46 heavy (non-hydrogen) atoms. The molecule has 13 heteroatoms. The predicted molar refractivity (Wildman–Crippen MR) is 173 cm³/mol. The Balaban J connectivity index is 1.00. The van der Waals surface area contributed by atoms with Crippen molar-refractivity contribution in [3.8, 4) is 11.4 Å². The summed E-state index contributed by atoms with van der Waals surface area (Å²) >= 11 is 0. The van der Waals surface area contributed by atoms with Crippen LogP contribution in [0.2, 0.25) is 0 Å². The minimum Gasteiger partial charge on any atom is -0.489 e. The van der Waals surface area contributed by atoms with Crippen LogP contribution < -0.4 is 20.5 Å². The molecule has 12 nitrogen and oxygen atoms in total. The molecule has 4 aromatic rings. The van der Waals surface area contributed by atoms with E-state index in [9.17, 15) is 18.3 Å². The highest BCUT2D eigenvalue weighted by atomic mass is 32.2. The van der Waals surface area contributed by atoms with Crippen molar-refractivity contribution in [2.75, 3.05) is 17.8 Å². The minimum absolute atomic E-state index is 0.0941. The number of fused-ring (bicyclic) bond motifs is 1. The van der Waals surface area contributed by atoms with E-state index in [2.05, 4.69) is 25.4 Å². The molecule has 0 saturated heterocycles. The molecule has 3 N–H and O–H groups in total. The number of aliphatic hydroxyl groups excluding tert-OH is 1. The number of aryl methyl sites for hydroxylation is 2. The second-order valence-corrected chi connectivity index (χ2v) is 13.9. The summed E-state index contributed by atoms with van der Waals surface area (Å²) in [4.78, 5) is 17.0. The average molecular weight is 648 g/mol. The molecule has 2 unspecified atom stereocenters. The van der Waals surface area contributed by atoms with Gasteiger partial charge in [-0.1, -0.05) is 44.6 Å². The van der Waals surface area contributed by atoms with Crippen molar-refractivity contribution < 1.29 is 18.3 Å². The van der Waals surface area contributed by atoms with Crippen molar-refractivity contribution in [1.82, 2.24) is 30.1 Å². The Morgan fingerprint density at radius 3 is 2.63 bits per heavy atom. The predicted octanol–water partition coefficient (Wildman–Crippen LogP) is 4.00. The molecule has 1 aliphatic heterocycles. The molecule has 2 aromatic carbocycles. The average Bonchev–Trinajstić information content (AvgIpc) is 3.73. The number of ether oxygens (including phenoxy) is 1. The Morgan fingerprint density at radius 1 is 1.02 bits per heavy atom. The molecular formula is C33H41N7O5S. The summed E-state index contributed by atoms with van der Waals surface area (Å²) in [5.74, 6) is 1.48. The number of anilines is 1. The van der Waals surface area contributed by atoms with Crippen molar-refractivity contribution in [2.24, 2.45) is 5.92 Å². The molecular weight excluding hydrogens is 606 g/mol. The lowest BCUT2D eigenvalue weighted by Crippen LogP contribution is -2.36. The Bertz CT molecular complexity index is 1750. The van der Waals surface area contributed by atoms with E-state index in [1.54, 1.807) is 54.9 Å². The van der Waals surface area contributed by atoms with Crippen LogP contribution in [0.5, 0.6) is 5.75 Å². The third-order valence-electron chi connectivity index (χ3n) is 8.86. The van der Waals surface area contributed by atoms with Crippen LogP contribution in [0.3, 0.4) is 0 Å². The monoisotopic (exact) mass is 647 g/mol. The Hall–Kier alpha value is -4.07. The van der Waals surface area contributed by atoms with Gasteiger partial charge in [-0.15, -0.1) is 0 Å². The maximum Gasteiger partial charge on any atom is 0.368 e. The number of aliphatic hydroxyl groups is 1. The maximum absolute atomic E-state index is 13.2. The topological polar surface area (TPSA) is 153 Å². The third-order valence-corrected chi connectivity index (χ3v) is 10.2. The van der Waals surface area contributed by atoms with Gasteiger partial charge in [0.15, 0.2) is 0 Å². The summed E-state index contributed by atoms with van der Waals surface area (Å²) in [5, 5.41) is 21.6. The lowest BCUT2D eigenvalue weighted by atomic mass is 10.0. The smallest absolute Gasteiger partial charge is 0.368 e. The van der Waals surface area contributed by atoms with E-state index >= 15 is 0 Å². The van der Waals surface area contributed by atoms with Crippen LogP contribution in [0, 0.1) is 5.92 Å². The van der Waals surface area contributed by atoms with E-state index in [4.69, 9.17) is 4.74 Å². The highest BCUT2D eigenvalue weighted by Crippen LogP contribution is 2.31. The van der Waals surface area contributed by atoms with Gasteiger partial charge in [-0.2, -0.15) is 9.36 Å². The van der Waals surface area contributed by atoms with Gasteiger partial charge in [-0.05, 0) is 89.7 Å². The van der Waals surface area contributed by atoms with Gasteiger partial charge < -0.3 is 15.2 Å². The van der Waals surface area contributed by atoms with Gasteiger partial charge >= 0.3 is 5.69 Å². The summed E-state index contributed by atoms with van der Waals surface area (Å²) in [6.07, 6.45) is 12.4. The molecule has 0 spiro atoms. The molecule has 2 atom stereocenters. The van der Waals surface area contributed by atoms with Crippen molar-refractivity contribution >= 4 is 15.7 Å². The number of sulfonamides is 1. The number of rotatable bonds is 14. The fourth-order valence-corrected chi connectivity index (χ4v) is 7.37. The lowest BCUT2D eigenvalue weighted by molar-refractivity contribution is 0.146. The van der Waals surface area contributed by atoms with Crippen molar-refractivity contribution in [2.45, 2.75) is 81.4 Å². The molecule has 2 aromatic heterocycles. The minimum atomic E-state index is -3.86. The van der Waals surface area contributed by atoms with E-state index in [-0.39, 0.29) is 16.7 Å². The summed E-state index contributed by atoms with van der Waals surface area (Å²) in [6.45, 7) is 1.46. The van der Waals surface area contributed by atoms with Crippen LogP contribution in [0.25, 0.3) is 5.69 Å². The zero-order valence-electron chi connectivity index (χ0n) is 25.8. The Labute approximate surface area is 268 Å². The number of nitrogens with zero attached hydrogens (tertiary/aromatic N) is 5. The van der Waals surface area contributed by atoms with Gasteiger partial charge in [0, 0.05) is 43.3 Å². The van der Waals surface area contributed by atoms with Gasteiger partial charge in [0.1, 0.15) is 11.9 Å². The first kappa shape index (κ1) is 31.9. The number of tetrazole rings is 1. The highest BCUT2D eigenvalue weighted by Gasteiger charge is 2.23. The quantitative estimate of drug-likeness (QED) is 0.172. The SMILES string of the molecule is O=c1n(CCCCC2CCCC2)nnn1-c1ccc(NS(=O)(=O)c2ccc3c(c2)CCC(CNCC(O)c2cccnc2)O3)cc1. The van der Waals surface area contributed by atoms with Crippen molar-refractivity contribution in [1.29, 1.82) is 0 Å².